The molecule has 112 valence electrons. The molecule has 1 aliphatic rings. The number of aromatic nitrogens is 1. The fourth-order valence-corrected chi connectivity index (χ4v) is 2.46. The molecule has 0 saturated carbocycles. The van der Waals surface area contributed by atoms with E-state index in [0.29, 0.717) is 11.6 Å². The van der Waals surface area contributed by atoms with Crippen LogP contribution in [0.4, 0.5) is 0 Å². The van der Waals surface area contributed by atoms with E-state index in [1.165, 1.54) is 6.26 Å². The fraction of sp³-hybridized carbons (Fsp3) is 0.714. The first-order valence-corrected chi connectivity index (χ1v) is 7.19. The monoisotopic (exact) mass is 280 g/mol. The van der Waals surface area contributed by atoms with Gasteiger partial charge in [0.1, 0.15) is 6.26 Å². The van der Waals surface area contributed by atoms with Crippen molar-refractivity contribution in [3.05, 3.63) is 17.8 Å². The van der Waals surface area contributed by atoms with Crippen LogP contribution in [-0.4, -0.2) is 53.9 Å². The maximum absolute atomic E-state index is 12.4. The van der Waals surface area contributed by atoms with Crippen LogP contribution in [0, 0.1) is 0 Å². The van der Waals surface area contributed by atoms with Gasteiger partial charge in [-0.1, -0.05) is 6.92 Å². The average Bonchev–Trinajstić information content (AvgIpc) is 2.95. The van der Waals surface area contributed by atoms with E-state index < -0.39 is 0 Å². The number of carbonyl (C=O) groups excluding carboxylic acids is 1. The lowest BCUT2D eigenvalue weighted by Gasteiger charge is -2.34. The van der Waals surface area contributed by atoms with Crippen molar-refractivity contribution >= 4 is 5.91 Å². The van der Waals surface area contributed by atoms with Crippen molar-refractivity contribution in [2.75, 3.05) is 27.2 Å². The molecule has 1 unspecified atom stereocenters. The molecular formula is C14H24N4O2. The lowest BCUT2D eigenvalue weighted by Crippen LogP contribution is -2.44. The van der Waals surface area contributed by atoms with E-state index in [1.54, 1.807) is 4.90 Å². The number of rotatable bonds is 4. The van der Waals surface area contributed by atoms with Crippen LogP contribution in [0.5, 0.6) is 0 Å². The Morgan fingerprint density at radius 1 is 1.60 bits per heavy atom. The molecule has 1 amide bonds. The summed E-state index contributed by atoms with van der Waals surface area (Å²) in [4.78, 5) is 20.7. The topological polar surface area (TPSA) is 75.6 Å². The Morgan fingerprint density at radius 3 is 2.85 bits per heavy atom. The van der Waals surface area contributed by atoms with Crippen LogP contribution in [0.25, 0.3) is 0 Å². The van der Waals surface area contributed by atoms with Crippen LogP contribution < -0.4 is 5.73 Å². The molecule has 1 aromatic heterocycles. The summed E-state index contributed by atoms with van der Waals surface area (Å²) in [6.07, 6.45) is 4.15. The Hall–Kier alpha value is -1.40. The number of piperidine rings is 1. The van der Waals surface area contributed by atoms with Gasteiger partial charge in [0, 0.05) is 13.1 Å². The van der Waals surface area contributed by atoms with Gasteiger partial charge < -0.3 is 20.0 Å². The zero-order valence-electron chi connectivity index (χ0n) is 12.5. The first-order valence-electron chi connectivity index (χ1n) is 7.19. The molecule has 0 radical (unpaired) electrons. The first kappa shape index (κ1) is 15.0. The van der Waals surface area contributed by atoms with Gasteiger partial charge in [-0.05, 0) is 39.4 Å². The summed E-state index contributed by atoms with van der Waals surface area (Å²) in [5, 5.41) is 0. The second kappa shape index (κ2) is 6.37. The van der Waals surface area contributed by atoms with Gasteiger partial charge in [0.05, 0.1) is 6.04 Å². The van der Waals surface area contributed by atoms with Crippen LogP contribution in [0.15, 0.2) is 10.7 Å². The van der Waals surface area contributed by atoms with Gasteiger partial charge >= 0.3 is 0 Å². The third kappa shape index (κ3) is 3.19. The first-order chi connectivity index (χ1) is 9.52. The van der Waals surface area contributed by atoms with E-state index in [1.807, 2.05) is 14.0 Å². The van der Waals surface area contributed by atoms with Crippen molar-refractivity contribution in [3.8, 4) is 0 Å². The number of nitrogens with two attached hydrogens (primary N) is 1. The van der Waals surface area contributed by atoms with Gasteiger partial charge in [-0.2, -0.15) is 0 Å². The van der Waals surface area contributed by atoms with Crippen molar-refractivity contribution in [2.24, 2.45) is 5.73 Å². The minimum Gasteiger partial charge on any atom is -0.446 e. The minimum absolute atomic E-state index is 0.0853. The van der Waals surface area contributed by atoms with Gasteiger partial charge in [0.15, 0.2) is 5.69 Å². The molecule has 1 aromatic rings. The number of nitrogens with zero attached hydrogens (tertiary/aromatic N) is 3. The quantitative estimate of drug-likeness (QED) is 0.898. The van der Waals surface area contributed by atoms with Crippen LogP contribution in [0.1, 0.15) is 48.6 Å². The standard InChI is InChI=1S/C14H24N4O2/c1-4-11(15)13-16-12(9-20-13)14(19)18(3)10-5-7-17(2)8-6-10/h9-11H,4-8,15H2,1-3H3. The summed E-state index contributed by atoms with van der Waals surface area (Å²) in [7, 11) is 3.94. The van der Waals surface area contributed by atoms with Gasteiger partial charge in [-0.3, -0.25) is 4.79 Å². The highest BCUT2D eigenvalue weighted by atomic mass is 16.3. The largest absolute Gasteiger partial charge is 0.446 e. The average molecular weight is 280 g/mol. The van der Waals surface area contributed by atoms with Gasteiger partial charge in [-0.15, -0.1) is 0 Å². The van der Waals surface area contributed by atoms with Gasteiger partial charge in [0.2, 0.25) is 5.89 Å². The minimum atomic E-state index is -0.245. The third-order valence-corrected chi connectivity index (χ3v) is 4.05. The molecule has 2 rings (SSSR count). The molecule has 20 heavy (non-hydrogen) atoms. The Morgan fingerprint density at radius 2 is 2.25 bits per heavy atom. The SMILES string of the molecule is CCC(N)c1nc(C(=O)N(C)C2CCN(C)CC2)co1. The number of oxazole rings is 1. The highest BCUT2D eigenvalue weighted by Gasteiger charge is 2.26. The Balaban J connectivity index is 2.01. The Bertz CT molecular complexity index is 452. The summed E-state index contributed by atoms with van der Waals surface area (Å²) >= 11 is 0. The van der Waals surface area contributed by atoms with E-state index in [9.17, 15) is 4.79 Å². The molecule has 0 bridgehead atoms. The van der Waals surface area contributed by atoms with E-state index in [0.717, 1.165) is 32.4 Å². The maximum Gasteiger partial charge on any atom is 0.275 e. The van der Waals surface area contributed by atoms with E-state index in [-0.39, 0.29) is 18.0 Å². The number of hydrogen-bond donors (Lipinski definition) is 1. The molecule has 1 aliphatic heterocycles. The molecule has 6 nitrogen and oxygen atoms in total. The molecule has 0 spiro atoms. The van der Waals surface area contributed by atoms with E-state index in [4.69, 9.17) is 10.2 Å². The second-order valence-electron chi connectivity index (χ2n) is 5.54. The summed E-state index contributed by atoms with van der Waals surface area (Å²) in [5.41, 5.74) is 6.21. The van der Waals surface area contributed by atoms with Crippen molar-refractivity contribution < 1.29 is 9.21 Å². The van der Waals surface area contributed by atoms with Crippen LogP contribution >= 0.6 is 0 Å². The summed E-state index contributed by atoms with van der Waals surface area (Å²) in [6, 6.07) is 0.0314. The van der Waals surface area contributed by atoms with Crippen LogP contribution in [0.3, 0.4) is 0 Å². The van der Waals surface area contributed by atoms with E-state index in [2.05, 4.69) is 16.9 Å². The summed E-state index contributed by atoms with van der Waals surface area (Å²) < 4.78 is 5.30. The Kier molecular flexibility index (Phi) is 4.77. The van der Waals surface area contributed by atoms with E-state index >= 15 is 0 Å². The van der Waals surface area contributed by atoms with Crippen molar-refractivity contribution in [1.82, 2.24) is 14.8 Å². The van der Waals surface area contributed by atoms with Crippen LogP contribution in [0.2, 0.25) is 0 Å². The molecule has 2 N–H and O–H groups in total. The van der Waals surface area contributed by atoms with Crippen molar-refractivity contribution in [1.29, 1.82) is 0 Å². The number of amides is 1. The Labute approximate surface area is 119 Å². The highest BCUT2D eigenvalue weighted by molar-refractivity contribution is 5.92. The summed E-state index contributed by atoms with van der Waals surface area (Å²) in [5.74, 6) is 0.352. The van der Waals surface area contributed by atoms with Crippen molar-refractivity contribution in [2.45, 2.75) is 38.3 Å². The lowest BCUT2D eigenvalue weighted by molar-refractivity contribution is 0.0653. The number of carbonyl (C=O) groups is 1. The molecule has 6 heteroatoms. The molecule has 1 atom stereocenters. The predicted octanol–water partition coefficient (Wildman–Crippen LogP) is 1.25. The van der Waals surface area contributed by atoms with Crippen LogP contribution in [-0.2, 0) is 0 Å². The molecule has 1 fully saturated rings. The fourth-order valence-electron chi connectivity index (χ4n) is 2.46. The molecule has 1 saturated heterocycles. The van der Waals surface area contributed by atoms with Gasteiger partial charge in [-0.25, -0.2) is 4.98 Å². The zero-order valence-corrected chi connectivity index (χ0v) is 12.5. The maximum atomic E-state index is 12.4. The predicted molar refractivity (Wildman–Crippen MR) is 76.3 cm³/mol. The normalized spacial score (nSPS) is 19.0. The van der Waals surface area contributed by atoms with Gasteiger partial charge in [0.25, 0.3) is 5.91 Å². The molecule has 0 aromatic carbocycles. The van der Waals surface area contributed by atoms with Crippen molar-refractivity contribution in [3.63, 3.8) is 0 Å². The number of hydrogen-bond acceptors (Lipinski definition) is 5. The highest BCUT2D eigenvalue weighted by Crippen LogP contribution is 2.18. The zero-order chi connectivity index (χ0) is 14.7. The lowest BCUT2D eigenvalue weighted by atomic mass is 10.0. The second-order valence-corrected chi connectivity index (χ2v) is 5.54. The smallest absolute Gasteiger partial charge is 0.275 e. The summed E-state index contributed by atoms with van der Waals surface area (Å²) in [6.45, 7) is 4.00. The number of likely N-dealkylation sites (tertiary alicyclic amines) is 1. The molecule has 0 aliphatic carbocycles. The third-order valence-electron chi connectivity index (χ3n) is 4.05. The molecular weight excluding hydrogens is 256 g/mol. The molecule has 2 heterocycles.